The van der Waals surface area contributed by atoms with Crippen molar-refractivity contribution in [3.63, 3.8) is 0 Å². The molecule has 0 bridgehead atoms. The Balaban J connectivity index is 2.01. The van der Waals surface area contributed by atoms with Crippen LogP contribution in [0.2, 0.25) is 0 Å². The monoisotopic (exact) mass is 244 g/mol. The molecule has 0 aliphatic heterocycles. The molecule has 2 rings (SSSR count). The van der Waals surface area contributed by atoms with Crippen molar-refractivity contribution in [2.75, 3.05) is 19.5 Å². The van der Waals surface area contributed by atoms with Crippen molar-refractivity contribution < 1.29 is 9.47 Å². The first-order valence-electron chi connectivity index (χ1n) is 5.70. The Hall–Kier alpha value is -2.23. The zero-order valence-electron chi connectivity index (χ0n) is 10.5. The molecule has 4 nitrogen and oxygen atoms in total. The second kappa shape index (κ2) is 5.91. The van der Waals surface area contributed by atoms with E-state index in [2.05, 4.69) is 10.3 Å². The molecule has 0 saturated heterocycles. The average molecular weight is 244 g/mol. The van der Waals surface area contributed by atoms with Crippen LogP contribution in [0.5, 0.6) is 11.5 Å². The summed E-state index contributed by atoms with van der Waals surface area (Å²) in [5.74, 6) is 1.57. The van der Waals surface area contributed by atoms with Crippen LogP contribution in [0, 0.1) is 0 Å². The van der Waals surface area contributed by atoms with Gasteiger partial charge in [-0.25, -0.2) is 0 Å². The van der Waals surface area contributed by atoms with Gasteiger partial charge >= 0.3 is 0 Å². The summed E-state index contributed by atoms with van der Waals surface area (Å²) in [6.07, 6.45) is 3.44. The van der Waals surface area contributed by atoms with Gasteiger partial charge in [-0.2, -0.15) is 0 Å². The first-order valence-corrected chi connectivity index (χ1v) is 5.70. The average Bonchev–Trinajstić information content (AvgIpc) is 2.45. The fourth-order valence-electron chi connectivity index (χ4n) is 1.56. The van der Waals surface area contributed by atoms with E-state index in [0.29, 0.717) is 6.61 Å². The van der Waals surface area contributed by atoms with Gasteiger partial charge in [-0.3, -0.25) is 4.98 Å². The Morgan fingerprint density at radius 3 is 2.83 bits per heavy atom. The molecule has 0 aliphatic rings. The van der Waals surface area contributed by atoms with Crippen LogP contribution in [0.1, 0.15) is 5.56 Å². The lowest BCUT2D eigenvalue weighted by atomic mass is 10.2. The number of anilines is 1. The summed E-state index contributed by atoms with van der Waals surface area (Å²) in [6.45, 7) is 0.492. The predicted molar refractivity (Wildman–Crippen MR) is 71.1 cm³/mol. The molecule has 1 heterocycles. The highest BCUT2D eigenvalue weighted by molar-refractivity contribution is 5.44. The molecule has 0 radical (unpaired) electrons. The summed E-state index contributed by atoms with van der Waals surface area (Å²) in [4.78, 5) is 4.09. The van der Waals surface area contributed by atoms with Crippen molar-refractivity contribution in [2.45, 2.75) is 6.61 Å². The van der Waals surface area contributed by atoms with Gasteiger partial charge in [0.05, 0.1) is 25.2 Å². The van der Waals surface area contributed by atoms with Crippen molar-refractivity contribution in [1.29, 1.82) is 0 Å². The summed E-state index contributed by atoms with van der Waals surface area (Å²) >= 11 is 0. The van der Waals surface area contributed by atoms with Crippen LogP contribution in [0.3, 0.4) is 0 Å². The molecule has 0 aliphatic carbocycles. The molecule has 18 heavy (non-hydrogen) atoms. The molecule has 0 atom stereocenters. The molecule has 0 spiro atoms. The number of pyridine rings is 1. The van der Waals surface area contributed by atoms with Crippen molar-refractivity contribution in [1.82, 2.24) is 4.98 Å². The smallest absolute Gasteiger partial charge is 0.140 e. The number of aromatic nitrogens is 1. The number of rotatable bonds is 5. The Morgan fingerprint density at radius 2 is 2.06 bits per heavy atom. The molecule has 1 aromatic heterocycles. The maximum absolute atomic E-state index is 5.68. The number of hydrogen-bond acceptors (Lipinski definition) is 4. The lowest BCUT2D eigenvalue weighted by molar-refractivity contribution is 0.304. The van der Waals surface area contributed by atoms with Crippen molar-refractivity contribution in [3.8, 4) is 11.5 Å². The highest BCUT2D eigenvalue weighted by Crippen LogP contribution is 2.18. The highest BCUT2D eigenvalue weighted by atomic mass is 16.5. The van der Waals surface area contributed by atoms with Gasteiger partial charge in [0.1, 0.15) is 18.1 Å². The molecule has 1 N–H and O–H groups in total. The Kier molecular flexibility index (Phi) is 4.02. The van der Waals surface area contributed by atoms with E-state index in [-0.39, 0.29) is 0 Å². The highest BCUT2D eigenvalue weighted by Gasteiger charge is 1.99. The lowest BCUT2D eigenvalue weighted by Gasteiger charge is -2.08. The Labute approximate surface area is 107 Å². The van der Waals surface area contributed by atoms with E-state index in [1.165, 1.54) is 0 Å². The van der Waals surface area contributed by atoms with E-state index >= 15 is 0 Å². The maximum Gasteiger partial charge on any atom is 0.140 e. The molecule has 94 valence electrons. The Morgan fingerprint density at radius 1 is 1.17 bits per heavy atom. The van der Waals surface area contributed by atoms with E-state index in [1.54, 1.807) is 19.5 Å². The molecule has 1 aromatic carbocycles. The normalized spacial score (nSPS) is 9.89. The molecule has 0 unspecified atom stereocenters. The van der Waals surface area contributed by atoms with Gasteiger partial charge < -0.3 is 14.8 Å². The van der Waals surface area contributed by atoms with E-state index in [0.717, 1.165) is 22.7 Å². The van der Waals surface area contributed by atoms with E-state index < -0.39 is 0 Å². The number of benzene rings is 1. The van der Waals surface area contributed by atoms with Gasteiger partial charge in [0.15, 0.2) is 0 Å². The molecule has 0 saturated carbocycles. The fraction of sp³-hybridized carbons (Fsp3) is 0.214. The van der Waals surface area contributed by atoms with Gasteiger partial charge in [-0.05, 0) is 17.7 Å². The summed E-state index contributed by atoms with van der Waals surface area (Å²) < 4.78 is 10.8. The number of hydrogen-bond donors (Lipinski definition) is 1. The SMILES string of the molecule is CNc1cncc(OCc2cccc(OC)c2)c1. The molecule has 2 aromatic rings. The minimum Gasteiger partial charge on any atom is -0.497 e. The van der Waals surface area contributed by atoms with Crippen LogP contribution >= 0.6 is 0 Å². The number of nitrogens with one attached hydrogen (secondary N) is 1. The topological polar surface area (TPSA) is 43.4 Å². The third kappa shape index (κ3) is 3.13. The van der Waals surface area contributed by atoms with Crippen molar-refractivity contribution in [3.05, 3.63) is 48.3 Å². The van der Waals surface area contributed by atoms with Crippen LogP contribution in [-0.4, -0.2) is 19.1 Å². The predicted octanol–water partition coefficient (Wildman–Crippen LogP) is 2.71. The van der Waals surface area contributed by atoms with Gasteiger partial charge in [-0.15, -0.1) is 0 Å². The fourth-order valence-corrected chi connectivity index (χ4v) is 1.56. The van der Waals surface area contributed by atoms with E-state index in [1.807, 2.05) is 37.4 Å². The second-order valence-electron chi connectivity index (χ2n) is 3.80. The first kappa shape index (κ1) is 12.2. The zero-order chi connectivity index (χ0) is 12.8. The quantitative estimate of drug-likeness (QED) is 0.878. The summed E-state index contributed by atoms with van der Waals surface area (Å²) in [5, 5.41) is 3.02. The van der Waals surface area contributed by atoms with Crippen LogP contribution in [-0.2, 0) is 6.61 Å². The minimum absolute atomic E-state index is 0.492. The maximum atomic E-state index is 5.68. The lowest BCUT2D eigenvalue weighted by Crippen LogP contribution is -1.97. The van der Waals surface area contributed by atoms with E-state index in [4.69, 9.17) is 9.47 Å². The van der Waals surface area contributed by atoms with Gasteiger partial charge in [-0.1, -0.05) is 12.1 Å². The largest absolute Gasteiger partial charge is 0.497 e. The number of ether oxygens (including phenoxy) is 2. The standard InChI is InChI=1S/C14H16N2O2/c1-15-12-7-14(9-16-8-12)18-10-11-4-3-5-13(6-11)17-2/h3-9,15H,10H2,1-2H3. The number of nitrogens with zero attached hydrogens (tertiary/aromatic N) is 1. The summed E-state index contributed by atoms with van der Waals surface area (Å²) in [5.41, 5.74) is 1.99. The van der Waals surface area contributed by atoms with Gasteiger partial charge in [0.2, 0.25) is 0 Å². The molecule has 4 heteroatoms. The first-order chi connectivity index (χ1) is 8.81. The number of methoxy groups -OCH3 is 1. The summed E-state index contributed by atoms with van der Waals surface area (Å²) in [6, 6.07) is 9.72. The van der Waals surface area contributed by atoms with Crippen molar-refractivity contribution in [2.24, 2.45) is 0 Å². The van der Waals surface area contributed by atoms with Gasteiger partial charge in [0, 0.05) is 13.1 Å². The minimum atomic E-state index is 0.492. The van der Waals surface area contributed by atoms with Crippen LogP contribution in [0.15, 0.2) is 42.7 Å². The molecular formula is C14H16N2O2. The van der Waals surface area contributed by atoms with Crippen LogP contribution in [0.25, 0.3) is 0 Å². The van der Waals surface area contributed by atoms with Gasteiger partial charge in [0.25, 0.3) is 0 Å². The molecular weight excluding hydrogens is 228 g/mol. The molecule has 0 fully saturated rings. The summed E-state index contributed by atoms with van der Waals surface area (Å²) in [7, 11) is 3.50. The third-order valence-corrected chi connectivity index (χ3v) is 2.54. The van der Waals surface area contributed by atoms with Crippen LogP contribution in [0.4, 0.5) is 5.69 Å². The molecule has 0 amide bonds. The third-order valence-electron chi connectivity index (χ3n) is 2.54. The van der Waals surface area contributed by atoms with Crippen LogP contribution < -0.4 is 14.8 Å². The van der Waals surface area contributed by atoms with E-state index in [9.17, 15) is 0 Å². The van der Waals surface area contributed by atoms with Crippen molar-refractivity contribution >= 4 is 5.69 Å². The Bertz CT molecular complexity index is 467. The zero-order valence-corrected chi connectivity index (χ0v) is 10.5. The second-order valence-corrected chi connectivity index (χ2v) is 3.80.